The number of fused-ring (bicyclic) bond motifs is 1. The van der Waals surface area contributed by atoms with Gasteiger partial charge in [-0.05, 0) is 52.5 Å². The van der Waals surface area contributed by atoms with E-state index in [-0.39, 0.29) is 6.42 Å². The molecule has 0 aromatic carbocycles. The van der Waals surface area contributed by atoms with Crippen molar-refractivity contribution < 1.29 is 9.90 Å². The third-order valence-corrected chi connectivity index (χ3v) is 6.86. The van der Waals surface area contributed by atoms with Crippen molar-refractivity contribution in [2.24, 2.45) is 0 Å². The fourth-order valence-corrected chi connectivity index (χ4v) is 5.34. The summed E-state index contributed by atoms with van der Waals surface area (Å²) in [5.74, 6) is 1.45. The molecule has 4 heterocycles. The van der Waals surface area contributed by atoms with Crippen LogP contribution in [-0.4, -0.2) is 55.2 Å². The molecule has 0 bridgehead atoms. The van der Waals surface area contributed by atoms with Crippen molar-refractivity contribution in [3.63, 3.8) is 0 Å². The maximum Gasteiger partial charge on any atom is 0.303 e. The quantitative estimate of drug-likeness (QED) is 0.534. The van der Waals surface area contributed by atoms with Gasteiger partial charge in [0, 0.05) is 71.2 Å². The molecule has 0 atom stereocenters. The lowest BCUT2D eigenvalue weighted by Gasteiger charge is -2.27. The molecule has 4 rings (SSSR count). The Labute approximate surface area is 188 Å². The maximum absolute atomic E-state index is 11.4. The zero-order chi connectivity index (χ0) is 21.1. The van der Waals surface area contributed by atoms with Gasteiger partial charge in [-0.1, -0.05) is 6.92 Å². The minimum absolute atomic E-state index is 0.0798. The lowest BCUT2D eigenvalue weighted by atomic mass is 9.96. The SMILES string of the molecule is CCc1ccc2c(-c3cncc(Br)c3)c(CCC(=O)O)c(CN3CCSCC3)nn12. The summed E-state index contributed by atoms with van der Waals surface area (Å²) in [6, 6.07) is 6.25. The Hall–Kier alpha value is -1.90. The molecular weight excluding hydrogens is 464 g/mol. The number of carboxylic acids is 1. The molecule has 1 saturated heterocycles. The molecule has 1 aliphatic rings. The number of hydrogen-bond donors (Lipinski definition) is 1. The van der Waals surface area contributed by atoms with E-state index in [4.69, 9.17) is 5.10 Å². The van der Waals surface area contributed by atoms with Crippen LogP contribution in [0.2, 0.25) is 0 Å². The monoisotopic (exact) mass is 488 g/mol. The molecule has 1 fully saturated rings. The molecule has 0 unspecified atom stereocenters. The number of aromatic nitrogens is 3. The van der Waals surface area contributed by atoms with Gasteiger partial charge in [-0.15, -0.1) is 0 Å². The van der Waals surface area contributed by atoms with Crippen LogP contribution in [0, 0.1) is 0 Å². The average Bonchev–Trinajstić information content (AvgIpc) is 3.15. The topological polar surface area (TPSA) is 70.7 Å². The van der Waals surface area contributed by atoms with Crippen LogP contribution in [0.1, 0.15) is 30.3 Å². The smallest absolute Gasteiger partial charge is 0.303 e. The summed E-state index contributed by atoms with van der Waals surface area (Å²) in [6.07, 6.45) is 5.03. The molecule has 0 spiro atoms. The van der Waals surface area contributed by atoms with E-state index in [0.29, 0.717) is 6.42 Å². The minimum atomic E-state index is -0.793. The highest BCUT2D eigenvalue weighted by atomic mass is 79.9. The maximum atomic E-state index is 11.4. The molecule has 3 aromatic rings. The zero-order valence-corrected chi connectivity index (χ0v) is 19.4. The van der Waals surface area contributed by atoms with E-state index in [1.54, 1.807) is 6.20 Å². The van der Waals surface area contributed by atoms with Crippen LogP contribution in [0.4, 0.5) is 0 Å². The Kier molecular flexibility index (Phi) is 6.75. The van der Waals surface area contributed by atoms with E-state index in [2.05, 4.69) is 44.9 Å². The fourth-order valence-electron chi connectivity index (χ4n) is 4.00. The van der Waals surface area contributed by atoms with Crippen molar-refractivity contribution in [2.75, 3.05) is 24.6 Å². The first-order chi connectivity index (χ1) is 14.6. The average molecular weight is 489 g/mol. The highest BCUT2D eigenvalue weighted by molar-refractivity contribution is 9.10. The van der Waals surface area contributed by atoms with Crippen LogP contribution in [0.25, 0.3) is 16.6 Å². The summed E-state index contributed by atoms with van der Waals surface area (Å²) >= 11 is 5.52. The molecule has 3 aromatic heterocycles. The third kappa shape index (κ3) is 4.55. The number of aryl methyl sites for hydroxylation is 1. The Morgan fingerprint density at radius 1 is 1.27 bits per heavy atom. The van der Waals surface area contributed by atoms with Crippen molar-refractivity contribution in [3.05, 3.63) is 52.0 Å². The van der Waals surface area contributed by atoms with Crippen LogP contribution in [0.3, 0.4) is 0 Å². The lowest BCUT2D eigenvalue weighted by molar-refractivity contribution is -0.136. The van der Waals surface area contributed by atoms with Crippen molar-refractivity contribution in [3.8, 4) is 11.1 Å². The van der Waals surface area contributed by atoms with E-state index < -0.39 is 5.97 Å². The van der Waals surface area contributed by atoms with Crippen LogP contribution in [0.15, 0.2) is 35.1 Å². The predicted molar refractivity (Wildman–Crippen MR) is 124 cm³/mol. The Morgan fingerprint density at radius 2 is 2.07 bits per heavy atom. The largest absolute Gasteiger partial charge is 0.481 e. The minimum Gasteiger partial charge on any atom is -0.481 e. The van der Waals surface area contributed by atoms with Gasteiger partial charge >= 0.3 is 5.97 Å². The molecule has 30 heavy (non-hydrogen) atoms. The van der Waals surface area contributed by atoms with Gasteiger partial charge in [0.15, 0.2) is 0 Å². The normalized spacial score (nSPS) is 15.0. The predicted octanol–water partition coefficient (Wildman–Crippen LogP) is 4.29. The van der Waals surface area contributed by atoms with E-state index >= 15 is 0 Å². The second-order valence-corrected chi connectivity index (χ2v) is 9.59. The molecule has 1 N–H and O–H groups in total. The summed E-state index contributed by atoms with van der Waals surface area (Å²) in [5, 5.41) is 14.4. The van der Waals surface area contributed by atoms with Crippen molar-refractivity contribution in [1.29, 1.82) is 0 Å². The summed E-state index contributed by atoms with van der Waals surface area (Å²) in [4.78, 5) is 18.2. The van der Waals surface area contributed by atoms with Crippen molar-refractivity contribution >= 4 is 39.2 Å². The highest BCUT2D eigenvalue weighted by Crippen LogP contribution is 2.34. The molecule has 8 heteroatoms. The van der Waals surface area contributed by atoms with Crippen LogP contribution >= 0.6 is 27.7 Å². The number of halogens is 1. The molecule has 0 aliphatic carbocycles. The van der Waals surface area contributed by atoms with Gasteiger partial charge in [-0.25, -0.2) is 4.52 Å². The van der Waals surface area contributed by atoms with Crippen LogP contribution < -0.4 is 0 Å². The van der Waals surface area contributed by atoms with Gasteiger partial charge in [0.2, 0.25) is 0 Å². The van der Waals surface area contributed by atoms with Gasteiger partial charge in [0.05, 0.1) is 11.2 Å². The molecule has 0 amide bonds. The standard InChI is InChI=1S/C22H25BrN4O2S/c1-2-17-3-5-20-22(15-11-16(23)13-24-12-15)18(4-6-21(28)29)19(25-27(17)20)14-26-7-9-30-10-8-26/h3,5,11-13H,2,4,6-10,14H2,1H3,(H,28,29). The molecule has 0 radical (unpaired) electrons. The van der Waals surface area contributed by atoms with E-state index in [1.165, 1.54) is 0 Å². The first-order valence-corrected chi connectivity index (χ1v) is 12.2. The molecule has 158 valence electrons. The lowest BCUT2D eigenvalue weighted by Crippen LogP contribution is -2.33. The number of carbonyl (C=O) groups is 1. The van der Waals surface area contributed by atoms with E-state index in [0.717, 1.165) is 75.6 Å². The highest BCUT2D eigenvalue weighted by Gasteiger charge is 2.22. The second kappa shape index (κ2) is 9.49. The first kappa shape index (κ1) is 21.3. The van der Waals surface area contributed by atoms with Crippen LogP contribution in [-0.2, 0) is 24.2 Å². The van der Waals surface area contributed by atoms with Crippen molar-refractivity contribution in [1.82, 2.24) is 19.5 Å². The van der Waals surface area contributed by atoms with Crippen LogP contribution in [0.5, 0.6) is 0 Å². The third-order valence-electron chi connectivity index (χ3n) is 5.48. The Bertz CT molecular complexity index is 1060. The van der Waals surface area contributed by atoms with Gasteiger partial charge in [0.25, 0.3) is 0 Å². The molecule has 1 aliphatic heterocycles. The zero-order valence-electron chi connectivity index (χ0n) is 17.0. The Balaban J connectivity index is 1.92. The number of rotatable bonds is 7. The molecule has 6 nitrogen and oxygen atoms in total. The number of hydrogen-bond acceptors (Lipinski definition) is 5. The number of thioether (sulfide) groups is 1. The second-order valence-electron chi connectivity index (χ2n) is 7.45. The Morgan fingerprint density at radius 3 is 2.77 bits per heavy atom. The van der Waals surface area contributed by atoms with Crippen molar-refractivity contribution in [2.45, 2.75) is 32.7 Å². The van der Waals surface area contributed by atoms with Gasteiger partial charge in [-0.3, -0.25) is 14.7 Å². The van der Waals surface area contributed by atoms with E-state index in [9.17, 15) is 9.90 Å². The number of nitrogens with zero attached hydrogens (tertiary/aromatic N) is 4. The number of aliphatic carboxylic acids is 1. The summed E-state index contributed by atoms with van der Waals surface area (Å²) in [7, 11) is 0. The molecule has 0 saturated carbocycles. The number of carboxylic acid groups (broad SMARTS) is 1. The summed E-state index contributed by atoms with van der Waals surface area (Å²) < 4.78 is 2.94. The van der Waals surface area contributed by atoms with Gasteiger partial charge in [-0.2, -0.15) is 16.9 Å². The van der Waals surface area contributed by atoms with Gasteiger partial charge < -0.3 is 5.11 Å². The van der Waals surface area contributed by atoms with E-state index in [1.807, 2.05) is 28.5 Å². The molecular formula is C22H25BrN4O2S. The fraction of sp³-hybridized carbons (Fsp3) is 0.409. The first-order valence-electron chi connectivity index (χ1n) is 10.2. The summed E-state index contributed by atoms with van der Waals surface area (Å²) in [6.45, 7) is 4.93. The summed E-state index contributed by atoms with van der Waals surface area (Å²) in [5.41, 5.74) is 6.16. The number of pyridine rings is 1. The van der Waals surface area contributed by atoms with Gasteiger partial charge in [0.1, 0.15) is 0 Å².